The molecule has 106 valence electrons. The molecule has 0 unspecified atom stereocenters. The van der Waals surface area contributed by atoms with Crippen LogP contribution < -0.4 is 5.32 Å². The van der Waals surface area contributed by atoms with Crippen LogP contribution >= 0.6 is 15.9 Å². The van der Waals surface area contributed by atoms with Gasteiger partial charge in [-0.05, 0) is 51.7 Å². The first-order valence-corrected chi connectivity index (χ1v) is 7.24. The molecule has 2 rings (SSSR count). The Morgan fingerprint density at radius 1 is 1.05 bits per heavy atom. The highest BCUT2D eigenvalue weighted by Gasteiger charge is 2.11. The van der Waals surface area contributed by atoms with E-state index >= 15 is 0 Å². The standard InChI is InChI=1S/C16H16BrF2N/c1-10(2)11-3-5-12(6-4-11)20-9-13-15(18)8-7-14(17)16(13)19/h3-8,10,20H,9H2,1-2H3. The minimum absolute atomic E-state index is 0.0345. The van der Waals surface area contributed by atoms with Crippen molar-refractivity contribution in [2.45, 2.75) is 26.3 Å². The van der Waals surface area contributed by atoms with Crippen LogP contribution in [-0.2, 0) is 6.54 Å². The first-order valence-electron chi connectivity index (χ1n) is 6.45. The molecule has 0 heterocycles. The van der Waals surface area contributed by atoms with Crippen LogP contribution in [0.4, 0.5) is 14.5 Å². The zero-order chi connectivity index (χ0) is 14.7. The van der Waals surface area contributed by atoms with Gasteiger partial charge in [-0.2, -0.15) is 0 Å². The van der Waals surface area contributed by atoms with Crippen molar-refractivity contribution in [3.05, 3.63) is 63.6 Å². The van der Waals surface area contributed by atoms with E-state index in [1.165, 1.54) is 17.7 Å². The molecule has 1 N–H and O–H groups in total. The van der Waals surface area contributed by atoms with Gasteiger partial charge in [0.1, 0.15) is 11.6 Å². The third kappa shape index (κ3) is 3.37. The molecule has 0 bridgehead atoms. The average molecular weight is 340 g/mol. The normalized spacial score (nSPS) is 10.9. The van der Waals surface area contributed by atoms with Crippen LogP contribution in [0.1, 0.15) is 30.9 Å². The summed E-state index contributed by atoms with van der Waals surface area (Å²) in [6.07, 6.45) is 0. The van der Waals surface area contributed by atoms with Crippen LogP contribution in [0.3, 0.4) is 0 Å². The molecule has 0 spiro atoms. The smallest absolute Gasteiger partial charge is 0.145 e. The second kappa shape index (κ2) is 6.35. The summed E-state index contributed by atoms with van der Waals surface area (Å²) < 4.78 is 27.7. The molecule has 20 heavy (non-hydrogen) atoms. The first-order chi connectivity index (χ1) is 9.49. The van der Waals surface area contributed by atoms with Gasteiger partial charge in [0.05, 0.1) is 4.47 Å². The van der Waals surface area contributed by atoms with Crippen molar-refractivity contribution in [1.82, 2.24) is 0 Å². The van der Waals surface area contributed by atoms with Crippen molar-refractivity contribution in [2.24, 2.45) is 0 Å². The monoisotopic (exact) mass is 339 g/mol. The van der Waals surface area contributed by atoms with Gasteiger partial charge in [-0.3, -0.25) is 0 Å². The van der Waals surface area contributed by atoms with Gasteiger partial charge in [0.25, 0.3) is 0 Å². The maximum absolute atomic E-state index is 13.8. The van der Waals surface area contributed by atoms with Crippen molar-refractivity contribution in [3.63, 3.8) is 0 Å². The SMILES string of the molecule is CC(C)c1ccc(NCc2c(F)ccc(Br)c2F)cc1. The Hall–Kier alpha value is -1.42. The zero-order valence-electron chi connectivity index (χ0n) is 11.4. The summed E-state index contributed by atoms with van der Waals surface area (Å²) in [5.41, 5.74) is 2.11. The molecular weight excluding hydrogens is 324 g/mol. The highest BCUT2D eigenvalue weighted by molar-refractivity contribution is 9.10. The van der Waals surface area contributed by atoms with E-state index in [4.69, 9.17) is 0 Å². The van der Waals surface area contributed by atoms with E-state index in [0.717, 1.165) is 5.69 Å². The third-order valence-electron chi connectivity index (χ3n) is 3.19. The molecule has 4 heteroatoms. The van der Waals surface area contributed by atoms with Crippen molar-refractivity contribution in [3.8, 4) is 0 Å². The number of hydrogen-bond acceptors (Lipinski definition) is 1. The number of rotatable bonds is 4. The molecule has 0 fully saturated rings. The van der Waals surface area contributed by atoms with Crippen LogP contribution in [-0.4, -0.2) is 0 Å². The predicted octanol–water partition coefficient (Wildman–Crippen LogP) is 5.46. The molecule has 0 saturated heterocycles. The lowest BCUT2D eigenvalue weighted by molar-refractivity contribution is 0.555. The van der Waals surface area contributed by atoms with Gasteiger partial charge in [0, 0.05) is 17.8 Å². The fourth-order valence-corrected chi connectivity index (χ4v) is 2.28. The fourth-order valence-electron chi connectivity index (χ4n) is 1.91. The van der Waals surface area contributed by atoms with E-state index in [1.807, 2.05) is 24.3 Å². The van der Waals surface area contributed by atoms with E-state index < -0.39 is 11.6 Å². The summed E-state index contributed by atoms with van der Waals surface area (Å²) >= 11 is 3.06. The number of anilines is 1. The van der Waals surface area contributed by atoms with E-state index in [1.54, 1.807) is 0 Å². The molecule has 0 aliphatic heterocycles. The molecule has 2 aromatic carbocycles. The number of nitrogens with one attached hydrogen (secondary N) is 1. The van der Waals surface area contributed by atoms with E-state index in [2.05, 4.69) is 35.1 Å². The lowest BCUT2D eigenvalue weighted by Crippen LogP contribution is -2.05. The Balaban J connectivity index is 2.11. The highest BCUT2D eigenvalue weighted by Crippen LogP contribution is 2.23. The molecule has 0 aromatic heterocycles. The van der Waals surface area contributed by atoms with Crippen LogP contribution in [0.25, 0.3) is 0 Å². The fraction of sp³-hybridized carbons (Fsp3) is 0.250. The van der Waals surface area contributed by atoms with Gasteiger partial charge < -0.3 is 5.32 Å². The molecule has 0 saturated carbocycles. The Morgan fingerprint density at radius 3 is 2.30 bits per heavy atom. The predicted molar refractivity (Wildman–Crippen MR) is 81.9 cm³/mol. The number of benzene rings is 2. The van der Waals surface area contributed by atoms with Crippen molar-refractivity contribution in [1.29, 1.82) is 0 Å². The van der Waals surface area contributed by atoms with Crippen LogP contribution in [0, 0.1) is 11.6 Å². The molecule has 0 radical (unpaired) electrons. The maximum Gasteiger partial charge on any atom is 0.145 e. The summed E-state index contributed by atoms with van der Waals surface area (Å²) in [5.74, 6) is -0.641. The second-order valence-corrected chi connectivity index (χ2v) is 5.81. The van der Waals surface area contributed by atoms with Crippen molar-refractivity contribution >= 4 is 21.6 Å². The topological polar surface area (TPSA) is 12.0 Å². The first kappa shape index (κ1) is 15.0. The lowest BCUT2D eigenvalue weighted by atomic mass is 10.0. The molecular formula is C16H16BrF2N. The third-order valence-corrected chi connectivity index (χ3v) is 3.80. The summed E-state index contributed by atoms with van der Waals surface area (Å²) in [6, 6.07) is 10.5. The van der Waals surface area contributed by atoms with Crippen LogP contribution in [0.2, 0.25) is 0 Å². The van der Waals surface area contributed by atoms with Gasteiger partial charge in [-0.1, -0.05) is 26.0 Å². The van der Waals surface area contributed by atoms with Crippen LogP contribution in [0.15, 0.2) is 40.9 Å². The minimum Gasteiger partial charge on any atom is -0.381 e. The molecule has 1 nitrogen and oxygen atoms in total. The van der Waals surface area contributed by atoms with Gasteiger partial charge in [-0.25, -0.2) is 8.78 Å². The van der Waals surface area contributed by atoms with Crippen molar-refractivity contribution in [2.75, 3.05) is 5.32 Å². The summed E-state index contributed by atoms with van der Waals surface area (Å²) in [7, 11) is 0. The lowest BCUT2D eigenvalue weighted by Gasteiger charge is -2.11. The number of hydrogen-bond donors (Lipinski definition) is 1. The molecule has 0 aliphatic rings. The summed E-state index contributed by atoms with van der Waals surface area (Å²) in [4.78, 5) is 0. The van der Waals surface area contributed by atoms with Gasteiger partial charge in [0.2, 0.25) is 0 Å². The molecule has 0 aliphatic carbocycles. The average Bonchev–Trinajstić information content (AvgIpc) is 2.43. The quantitative estimate of drug-likeness (QED) is 0.729. The highest BCUT2D eigenvalue weighted by atomic mass is 79.9. The minimum atomic E-state index is -0.559. The van der Waals surface area contributed by atoms with Crippen LogP contribution in [0.5, 0.6) is 0 Å². The van der Waals surface area contributed by atoms with Gasteiger partial charge in [-0.15, -0.1) is 0 Å². The van der Waals surface area contributed by atoms with Crippen molar-refractivity contribution < 1.29 is 8.78 Å². The zero-order valence-corrected chi connectivity index (χ0v) is 13.0. The van der Waals surface area contributed by atoms with E-state index in [0.29, 0.717) is 5.92 Å². The Labute approximate surface area is 126 Å². The number of halogens is 3. The largest absolute Gasteiger partial charge is 0.381 e. The Kier molecular flexibility index (Phi) is 4.76. The molecule has 0 atom stereocenters. The maximum atomic E-state index is 13.8. The summed E-state index contributed by atoms with van der Waals surface area (Å²) in [6.45, 7) is 4.35. The second-order valence-electron chi connectivity index (χ2n) is 4.95. The van der Waals surface area contributed by atoms with Gasteiger partial charge in [0.15, 0.2) is 0 Å². The van der Waals surface area contributed by atoms with Gasteiger partial charge >= 0.3 is 0 Å². The van der Waals surface area contributed by atoms with E-state index in [9.17, 15) is 8.78 Å². The summed E-state index contributed by atoms with van der Waals surface area (Å²) in [5, 5.41) is 3.04. The molecule has 0 amide bonds. The molecule has 2 aromatic rings. The Morgan fingerprint density at radius 2 is 1.70 bits per heavy atom. The van der Waals surface area contributed by atoms with E-state index in [-0.39, 0.29) is 16.6 Å². The Bertz CT molecular complexity index is 594.